The SMILES string of the molecule is COC1C=CC2(CN(C(C)(C)C)C(=O)C2C)O1. The van der Waals surface area contributed by atoms with E-state index < -0.39 is 5.60 Å². The molecule has 0 aliphatic carbocycles. The summed E-state index contributed by atoms with van der Waals surface area (Å²) in [5.74, 6) is -0.00275. The van der Waals surface area contributed by atoms with Gasteiger partial charge in [0.2, 0.25) is 5.91 Å². The van der Waals surface area contributed by atoms with Gasteiger partial charge in [0.15, 0.2) is 6.29 Å². The third-order valence-corrected chi connectivity index (χ3v) is 3.69. The lowest BCUT2D eigenvalue weighted by Gasteiger charge is -2.33. The van der Waals surface area contributed by atoms with Crippen molar-refractivity contribution in [3.63, 3.8) is 0 Å². The molecule has 4 heteroatoms. The van der Waals surface area contributed by atoms with Crippen LogP contribution in [0.2, 0.25) is 0 Å². The fourth-order valence-corrected chi connectivity index (χ4v) is 2.47. The second kappa shape index (κ2) is 3.82. The van der Waals surface area contributed by atoms with E-state index in [1.165, 1.54) is 0 Å². The average molecular weight is 239 g/mol. The number of carbonyl (C=O) groups is 1. The maximum Gasteiger partial charge on any atom is 0.229 e. The van der Waals surface area contributed by atoms with Gasteiger partial charge in [-0.2, -0.15) is 0 Å². The zero-order valence-electron chi connectivity index (χ0n) is 11.2. The molecule has 0 N–H and O–H groups in total. The Labute approximate surface area is 103 Å². The molecule has 96 valence electrons. The fourth-order valence-electron chi connectivity index (χ4n) is 2.47. The number of hydrogen-bond donors (Lipinski definition) is 0. The van der Waals surface area contributed by atoms with Crippen LogP contribution in [0, 0.1) is 5.92 Å². The highest BCUT2D eigenvalue weighted by Gasteiger charge is 2.54. The zero-order valence-corrected chi connectivity index (χ0v) is 11.2. The molecule has 1 amide bonds. The summed E-state index contributed by atoms with van der Waals surface area (Å²) in [5.41, 5.74) is -0.678. The monoisotopic (exact) mass is 239 g/mol. The molecule has 4 nitrogen and oxygen atoms in total. The fraction of sp³-hybridized carbons (Fsp3) is 0.769. The van der Waals surface area contributed by atoms with E-state index in [4.69, 9.17) is 9.47 Å². The number of hydrogen-bond acceptors (Lipinski definition) is 3. The summed E-state index contributed by atoms with van der Waals surface area (Å²) < 4.78 is 11.0. The van der Waals surface area contributed by atoms with Gasteiger partial charge < -0.3 is 14.4 Å². The summed E-state index contributed by atoms with van der Waals surface area (Å²) in [6.07, 6.45) is 3.54. The molecular weight excluding hydrogens is 218 g/mol. The van der Waals surface area contributed by atoms with Gasteiger partial charge in [-0.25, -0.2) is 0 Å². The molecule has 0 aromatic rings. The van der Waals surface area contributed by atoms with E-state index in [9.17, 15) is 4.79 Å². The van der Waals surface area contributed by atoms with Gasteiger partial charge in [-0.1, -0.05) is 6.92 Å². The molecule has 2 aliphatic heterocycles. The molecular formula is C13H21NO3. The van der Waals surface area contributed by atoms with E-state index in [0.29, 0.717) is 6.54 Å². The molecule has 0 radical (unpaired) electrons. The molecule has 3 atom stereocenters. The molecule has 1 saturated heterocycles. The first kappa shape index (κ1) is 12.6. The van der Waals surface area contributed by atoms with E-state index in [-0.39, 0.29) is 23.7 Å². The standard InChI is InChI=1S/C13H21NO3/c1-9-11(15)14(12(2,3)4)8-13(9)7-6-10(16-5)17-13/h6-7,9-10H,8H2,1-5H3. The van der Waals surface area contributed by atoms with Gasteiger partial charge in [0.25, 0.3) is 0 Å². The van der Waals surface area contributed by atoms with Crippen LogP contribution in [0.1, 0.15) is 27.7 Å². The average Bonchev–Trinajstić information content (AvgIpc) is 2.76. The summed E-state index contributed by atoms with van der Waals surface area (Å²) in [6.45, 7) is 8.67. The van der Waals surface area contributed by atoms with Crippen molar-refractivity contribution in [3.05, 3.63) is 12.2 Å². The molecule has 2 aliphatic rings. The topological polar surface area (TPSA) is 38.8 Å². The molecule has 0 aromatic heterocycles. The summed E-state index contributed by atoms with van der Waals surface area (Å²) >= 11 is 0. The van der Waals surface area contributed by atoms with Crippen LogP contribution < -0.4 is 0 Å². The van der Waals surface area contributed by atoms with Crippen LogP contribution in [0.25, 0.3) is 0 Å². The number of amides is 1. The third kappa shape index (κ3) is 1.89. The molecule has 3 unspecified atom stereocenters. The Morgan fingerprint density at radius 2 is 2.18 bits per heavy atom. The largest absolute Gasteiger partial charge is 0.352 e. The van der Waals surface area contributed by atoms with Crippen LogP contribution in [0.5, 0.6) is 0 Å². The van der Waals surface area contributed by atoms with Gasteiger partial charge in [-0.15, -0.1) is 0 Å². The van der Waals surface area contributed by atoms with E-state index in [1.54, 1.807) is 7.11 Å². The summed E-state index contributed by atoms with van der Waals surface area (Å²) in [4.78, 5) is 14.2. The van der Waals surface area contributed by atoms with Crippen molar-refractivity contribution in [2.45, 2.75) is 45.1 Å². The van der Waals surface area contributed by atoms with Gasteiger partial charge in [-0.3, -0.25) is 4.79 Å². The minimum atomic E-state index is -0.509. The van der Waals surface area contributed by atoms with Crippen LogP contribution in [0.3, 0.4) is 0 Å². The lowest BCUT2D eigenvalue weighted by Crippen LogP contribution is -2.44. The Kier molecular flexibility index (Phi) is 2.83. The highest BCUT2D eigenvalue weighted by atomic mass is 16.7. The van der Waals surface area contributed by atoms with Gasteiger partial charge in [0.05, 0.1) is 12.5 Å². The first-order valence-electron chi connectivity index (χ1n) is 6.01. The van der Waals surface area contributed by atoms with Gasteiger partial charge >= 0.3 is 0 Å². The molecule has 2 heterocycles. The van der Waals surface area contributed by atoms with Crippen molar-refractivity contribution < 1.29 is 14.3 Å². The van der Waals surface area contributed by atoms with E-state index >= 15 is 0 Å². The lowest BCUT2D eigenvalue weighted by molar-refractivity contribution is -0.151. The second-order valence-electron chi connectivity index (χ2n) is 5.85. The molecule has 2 rings (SSSR count). The third-order valence-electron chi connectivity index (χ3n) is 3.69. The summed E-state index contributed by atoms with van der Waals surface area (Å²) in [6, 6.07) is 0. The van der Waals surface area contributed by atoms with Crippen molar-refractivity contribution in [1.29, 1.82) is 0 Å². The first-order valence-corrected chi connectivity index (χ1v) is 6.01. The van der Waals surface area contributed by atoms with Gasteiger partial charge in [0, 0.05) is 12.6 Å². The van der Waals surface area contributed by atoms with Gasteiger partial charge in [-0.05, 0) is 32.9 Å². The highest BCUT2D eigenvalue weighted by Crippen LogP contribution is 2.40. The number of methoxy groups -OCH3 is 1. The van der Waals surface area contributed by atoms with Crippen LogP contribution in [0.4, 0.5) is 0 Å². The van der Waals surface area contributed by atoms with Crippen LogP contribution in [0.15, 0.2) is 12.2 Å². The normalized spacial score (nSPS) is 37.5. The number of rotatable bonds is 1. The Hall–Kier alpha value is -0.870. The van der Waals surface area contributed by atoms with Crippen molar-refractivity contribution in [3.8, 4) is 0 Å². The maximum atomic E-state index is 12.3. The van der Waals surface area contributed by atoms with Crippen molar-refractivity contribution >= 4 is 5.91 Å². The Bertz CT molecular complexity index is 358. The predicted molar refractivity (Wildman–Crippen MR) is 64.4 cm³/mol. The predicted octanol–water partition coefficient (Wildman–Crippen LogP) is 1.56. The number of nitrogens with zero attached hydrogens (tertiary/aromatic N) is 1. The molecule has 0 saturated carbocycles. The minimum absolute atomic E-state index is 0.152. The van der Waals surface area contributed by atoms with E-state index in [0.717, 1.165) is 0 Å². The molecule has 17 heavy (non-hydrogen) atoms. The number of ether oxygens (including phenoxy) is 2. The van der Waals surface area contributed by atoms with E-state index in [2.05, 4.69) is 0 Å². The lowest BCUT2D eigenvalue weighted by atomic mass is 9.92. The summed E-state index contributed by atoms with van der Waals surface area (Å²) in [7, 11) is 1.61. The Morgan fingerprint density at radius 1 is 1.53 bits per heavy atom. The minimum Gasteiger partial charge on any atom is -0.352 e. The Balaban J connectivity index is 2.24. The quantitative estimate of drug-likeness (QED) is 0.652. The Morgan fingerprint density at radius 3 is 2.59 bits per heavy atom. The molecule has 0 bridgehead atoms. The first-order chi connectivity index (χ1) is 7.80. The van der Waals surface area contributed by atoms with Crippen LogP contribution in [-0.4, -0.2) is 41.9 Å². The molecule has 1 fully saturated rings. The maximum absolute atomic E-state index is 12.3. The molecule has 0 aromatic carbocycles. The second-order valence-corrected chi connectivity index (χ2v) is 5.85. The van der Waals surface area contributed by atoms with Crippen molar-refractivity contribution in [2.24, 2.45) is 5.92 Å². The van der Waals surface area contributed by atoms with E-state index in [1.807, 2.05) is 44.7 Å². The highest BCUT2D eigenvalue weighted by molar-refractivity contribution is 5.84. The zero-order chi connectivity index (χ0) is 12.8. The van der Waals surface area contributed by atoms with Gasteiger partial charge in [0.1, 0.15) is 5.60 Å². The number of carbonyl (C=O) groups excluding carboxylic acids is 1. The van der Waals surface area contributed by atoms with Crippen molar-refractivity contribution in [2.75, 3.05) is 13.7 Å². The smallest absolute Gasteiger partial charge is 0.229 e. The number of likely N-dealkylation sites (tertiary alicyclic amines) is 1. The summed E-state index contributed by atoms with van der Waals surface area (Å²) in [5, 5.41) is 0. The molecule has 1 spiro atoms. The van der Waals surface area contributed by atoms with Crippen LogP contribution in [-0.2, 0) is 14.3 Å². The van der Waals surface area contributed by atoms with Crippen LogP contribution >= 0.6 is 0 Å². The van der Waals surface area contributed by atoms with Crippen molar-refractivity contribution in [1.82, 2.24) is 4.90 Å².